The van der Waals surface area contributed by atoms with Gasteiger partial charge >= 0.3 is 0 Å². The van der Waals surface area contributed by atoms with Crippen molar-refractivity contribution in [2.75, 3.05) is 6.54 Å². The molecule has 3 rings (SSSR count). The third-order valence-electron chi connectivity index (χ3n) is 4.23. The zero-order chi connectivity index (χ0) is 14.8. The summed E-state index contributed by atoms with van der Waals surface area (Å²) in [6.45, 7) is 7.60. The fourth-order valence-electron chi connectivity index (χ4n) is 3.23. The zero-order valence-corrected chi connectivity index (χ0v) is 13.8. The molecule has 110 valence electrons. The largest absolute Gasteiger partial charge is 0.309 e. The lowest BCUT2D eigenvalue weighted by Crippen LogP contribution is -2.30. The van der Waals surface area contributed by atoms with Gasteiger partial charge in [-0.05, 0) is 49.6 Å². The van der Waals surface area contributed by atoms with Crippen LogP contribution in [0.5, 0.6) is 0 Å². The van der Waals surface area contributed by atoms with Crippen LogP contribution >= 0.6 is 11.8 Å². The van der Waals surface area contributed by atoms with Gasteiger partial charge in [0.05, 0.1) is 0 Å². The number of hydrogen-bond donors (Lipinski definition) is 1. The van der Waals surface area contributed by atoms with Crippen LogP contribution in [0, 0.1) is 13.8 Å². The van der Waals surface area contributed by atoms with Crippen LogP contribution in [-0.4, -0.2) is 11.8 Å². The van der Waals surface area contributed by atoms with Crippen LogP contribution in [-0.2, 0) is 6.42 Å². The van der Waals surface area contributed by atoms with Gasteiger partial charge in [-0.15, -0.1) is 11.8 Å². The molecule has 0 saturated heterocycles. The molecule has 0 radical (unpaired) electrons. The monoisotopic (exact) mass is 297 g/mol. The van der Waals surface area contributed by atoms with E-state index in [9.17, 15) is 0 Å². The molecule has 21 heavy (non-hydrogen) atoms. The molecule has 2 aromatic rings. The Kier molecular flexibility index (Phi) is 4.37. The molecule has 1 heterocycles. The summed E-state index contributed by atoms with van der Waals surface area (Å²) >= 11 is 2.03. The number of aryl methyl sites for hydroxylation is 2. The molecule has 0 aromatic heterocycles. The van der Waals surface area contributed by atoms with Gasteiger partial charge in [0.2, 0.25) is 0 Å². The van der Waals surface area contributed by atoms with Crippen molar-refractivity contribution < 1.29 is 0 Å². The first-order valence-electron chi connectivity index (χ1n) is 7.74. The van der Waals surface area contributed by atoms with Gasteiger partial charge in [-0.1, -0.05) is 48.9 Å². The molecule has 2 aromatic carbocycles. The predicted molar refractivity (Wildman–Crippen MR) is 92.1 cm³/mol. The first-order chi connectivity index (χ1) is 10.2. The van der Waals surface area contributed by atoms with Crippen molar-refractivity contribution in [3.8, 4) is 0 Å². The highest BCUT2D eigenvalue weighted by Crippen LogP contribution is 2.43. The first-order valence-corrected chi connectivity index (χ1v) is 8.62. The number of benzene rings is 2. The zero-order valence-electron chi connectivity index (χ0n) is 13.0. The Bertz CT molecular complexity index is 610. The molecule has 2 heteroatoms. The quantitative estimate of drug-likeness (QED) is 0.880. The summed E-state index contributed by atoms with van der Waals surface area (Å²) in [6.07, 6.45) is 1.16. The summed E-state index contributed by atoms with van der Waals surface area (Å²) < 4.78 is 0. The average Bonchev–Trinajstić information content (AvgIpc) is 2.89. The second-order valence-corrected chi connectivity index (χ2v) is 7.14. The molecule has 0 saturated carbocycles. The van der Waals surface area contributed by atoms with E-state index in [1.54, 1.807) is 0 Å². The Morgan fingerprint density at radius 1 is 1.19 bits per heavy atom. The Morgan fingerprint density at radius 2 is 2.00 bits per heavy atom. The maximum atomic E-state index is 3.72. The fourth-order valence-corrected chi connectivity index (χ4v) is 4.66. The Hall–Kier alpha value is -1.25. The van der Waals surface area contributed by atoms with Crippen LogP contribution in [0.2, 0.25) is 0 Å². The fraction of sp³-hybridized carbons (Fsp3) is 0.368. The van der Waals surface area contributed by atoms with Gasteiger partial charge in [0.1, 0.15) is 0 Å². The highest BCUT2D eigenvalue weighted by Gasteiger charge is 2.30. The van der Waals surface area contributed by atoms with Gasteiger partial charge in [-0.2, -0.15) is 0 Å². The number of thioether (sulfide) groups is 1. The van der Waals surface area contributed by atoms with Gasteiger partial charge < -0.3 is 5.32 Å². The van der Waals surface area contributed by atoms with Crippen molar-refractivity contribution >= 4 is 11.8 Å². The SMILES string of the molecule is CCNC(c1ccc(C)cc1C)C1Cc2ccccc2S1. The van der Waals surface area contributed by atoms with E-state index in [2.05, 4.69) is 68.6 Å². The van der Waals surface area contributed by atoms with Crippen LogP contribution in [0.1, 0.15) is 35.2 Å². The smallest absolute Gasteiger partial charge is 0.0449 e. The van der Waals surface area contributed by atoms with E-state index in [1.807, 2.05) is 11.8 Å². The van der Waals surface area contributed by atoms with Crippen LogP contribution in [0.25, 0.3) is 0 Å². The molecule has 0 aliphatic carbocycles. The molecule has 1 aliphatic rings. The highest BCUT2D eigenvalue weighted by molar-refractivity contribution is 8.00. The van der Waals surface area contributed by atoms with E-state index in [1.165, 1.54) is 27.1 Å². The maximum Gasteiger partial charge on any atom is 0.0449 e. The molecule has 2 atom stereocenters. The van der Waals surface area contributed by atoms with Crippen LogP contribution in [0.15, 0.2) is 47.4 Å². The van der Waals surface area contributed by atoms with Crippen molar-refractivity contribution in [3.63, 3.8) is 0 Å². The molecular formula is C19H23NS. The summed E-state index contributed by atoms with van der Waals surface area (Å²) in [5, 5.41) is 4.30. The second kappa shape index (κ2) is 6.25. The number of rotatable bonds is 4. The molecular weight excluding hydrogens is 274 g/mol. The topological polar surface area (TPSA) is 12.0 Å². The average molecular weight is 297 g/mol. The third kappa shape index (κ3) is 3.02. The summed E-state index contributed by atoms with van der Waals surface area (Å²) in [4.78, 5) is 1.45. The van der Waals surface area contributed by atoms with E-state index < -0.39 is 0 Å². The number of fused-ring (bicyclic) bond motifs is 1. The highest BCUT2D eigenvalue weighted by atomic mass is 32.2. The van der Waals surface area contributed by atoms with E-state index in [0.29, 0.717) is 11.3 Å². The minimum atomic E-state index is 0.424. The normalized spacial score (nSPS) is 18.5. The molecule has 2 unspecified atom stereocenters. The molecule has 1 nitrogen and oxygen atoms in total. The predicted octanol–water partition coefficient (Wildman–Crippen LogP) is 4.67. The maximum absolute atomic E-state index is 3.72. The third-order valence-corrected chi connectivity index (χ3v) is 5.62. The van der Waals surface area contributed by atoms with Gasteiger partial charge in [0.25, 0.3) is 0 Å². The van der Waals surface area contributed by atoms with Crippen molar-refractivity contribution in [1.82, 2.24) is 5.32 Å². The molecule has 1 N–H and O–H groups in total. The minimum Gasteiger partial charge on any atom is -0.309 e. The van der Waals surface area contributed by atoms with Crippen LogP contribution in [0.3, 0.4) is 0 Å². The summed E-state index contributed by atoms with van der Waals surface area (Å²) in [6, 6.07) is 16.1. The van der Waals surface area contributed by atoms with E-state index in [4.69, 9.17) is 0 Å². The standard InChI is InChI=1S/C19H23NS/c1-4-20-19(16-10-9-13(2)11-14(16)3)18-12-15-7-5-6-8-17(15)21-18/h5-11,18-20H,4,12H2,1-3H3. The minimum absolute atomic E-state index is 0.424. The van der Waals surface area contributed by atoms with Gasteiger partial charge in [-0.3, -0.25) is 0 Å². The van der Waals surface area contributed by atoms with E-state index in [-0.39, 0.29) is 0 Å². The Labute approximate surface area is 132 Å². The summed E-state index contributed by atoms with van der Waals surface area (Å²) in [5.74, 6) is 0. The van der Waals surface area contributed by atoms with E-state index >= 15 is 0 Å². The van der Waals surface area contributed by atoms with Crippen molar-refractivity contribution in [1.29, 1.82) is 0 Å². The Morgan fingerprint density at radius 3 is 2.71 bits per heavy atom. The lowest BCUT2D eigenvalue weighted by Gasteiger charge is -2.26. The number of hydrogen-bond acceptors (Lipinski definition) is 2. The number of nitrogens with one attached hydrogen (secondary N) is 1. The van der Waals surface area contributed by atoms with Crippen molar-refractivity contribution in [2.45, 2.75) is 43.4 Å². The second-order valence-electron chi connectivity index (χ2n) is 5.86. The van der Waals surface area contributed by atoms with Gasteiger partial charge in [0.15, 0.2) is 0 Å². The van der Waals surface area contributed by atoms with Gasteiger partial charge in [-0.25, -0.2) is 0 Å². The molecule has 0 fully saturated rings. The van der Waals surface area contributed by atoms with Crippen molar-refractivity contribution in [3.05, 3.63) is 64.7 Å². The van der Waals surface area contributed by atoms with Crippen LogP contribution < -0.4 is 5.32 Å². The molecule has 0 bridgehead atoms. The van der Waals surface area contributed by atoms with Gasteiger partial charge in [0, 0.05) is 16.2 Å². The lowest BCUT2D eigenvalue weighted by molar-refractivity contribution is 0.529. The molecule has 0 spiro atoms. The first kappa shape index (κ1) is 14.7. The molecule has 1 aliphatic heterocycles. The summed E-state index contributed by atoms with van der Waals surface area (Å²) in [7, 11) is 0. The molecule has 0 amide bonds. The van der Waals surface area contributed by atoms with Crippen LogP contribution in [0.4, 0.5) is 0 Å². The summed E-state index contributed by atoms with van der Waals surface area (Å²) in [5.41, 5.74) is 5.69. The lowest BCUT2D eigenvalue weighted by atomic mass is 9.94. The van der Waals surface area contributed by atoms with Crippen molar-refractivity contribution in [2.24, 2.45) is 0 Å². The van der Waals surface area contributed by atoms with E-state index in [0.717, 1.165) is 13.0 Å². The Balaban J connectivity index is 1.89.